The molecule has 0 saturated carbocycles. The number of amides is 2. The van der Waals surface area contributed by atoms with Crippen molar-refractivity contribution in [2.45, 2.75) is 112 Å². The minimum Gasteiger partial charge on any atom is -0.463 e. The number of rotatable bonds is 11. The Labute approximate surface area is 207 Å². The molecule has 3 atom stereocenters. The van der Waals surface area contributed by atoms with Crippen LogP contribution in [0.25, 0.3) is 0 Å². The Hall–Kier alpha value is -1.89. The van der Waals surface area contributed by atoms with Crippen LogP contribution in [0.5, 0.6) is 0 Å². The molecule has 1 aliphatic rings. The van der Waals surface area contributed by atoms with Gasteiger partial charge in [0.2, 0.25) is 11.8 Å². The number of nitrogens with zero attached hydrogens (tertiary/aromatic N) is 2. The Morgan fingerprint density at radius 1 is 1.12 bits per heavy atom. The van der Waals surface area contributed by atoms with Crippen molar-refractivity contribution in [3.8, 4) is 0 Å². The van der Waals surface area contributed by atoms with Gasteiger partial charge in [0, 0.05) is 18.2 Å². The Balaban J connectivity index is 3.11. The largest absolute Gasteiger partial charge is 0.463 e. The molecule has 0 radical (unpaired) electrons. The zero-order chi connectivity index (χ0) is 26.2. The summed E-state index contributed by atoms with van der Waals surface area (Å²) >= 11 is 0. The Bertz CT molecular complexity index is 729. The molecule has 7 heteroatoms. The average Bonchev–Trinajstić information content (AvgIpc) is 2.79. The standard InChI is InChI=1S/C27H49N3O4/c1-11-27(8,9)30-16-14-13-15-21(30)24(31)28-23(19(5)6)25(32)29(10)22(18(3)4)17-20(7)26(33)34-12-2/h17-19,21-23H,11-16H2,1-10H3,(H,28,31)/b20-17+/t21?,22-,23?/m1/s1. The topological polar surface area (TPSA) is 79.0 Å². The first kappa shape index (κ1) is 30.1. The van der Waals surface area contributed by atoms with E-state index in [0.717, 1.165) is 32.2 Å². The first-order chi connectivity index (χ1) is 15.8. The number of nitrogens with one attached hydrogen (secondary N) is 1. The van der Waals surface area contributed by atoms with E-state index in [9.17, 15) is 14.4 Å². The lowest BCUT2D eigenvalue weighted by molar-refractivity contribution is -0.141. The first-order valence-corrected chi connectivity index (χ1v) is 13.0. The maximum atomic E-state index is 13.6. The van der Waals surface area contributed by atoms with E-state index in [0.29, 0.717) is 12.2 Å². The Morgan fingerprint density at radius 3 is 2.24 bits per heavy atom. The number of carbonyl (C=O) groups is 3. The maximum Gasteiger partial charge on any atom is 0.333 e. The number of carbonyl (C=O) groups excluding carboxylic acids is 3. The van der Waals surface area contributed by atoms with E-state index in [1.54, 1.807) is 31.9 Å². The van der Waals surface area contributed by atoms with Gasteiger partial charge in [0.25, 0.3) is 0 Å². The van der Waals surface area contributed by atoms with Crippen LogP contribution in [-0.4, -0.2) is 71.4 Å². The molecule has 1 fully saturated rings. The highest BCUT2D eigenvalue weighted by Crippen LogP contribution is 2.28. The summed E-state index contributed by atoms with van der Waals surface area (Å²) in [5, 5.41) is 3.10. The van der Waals surface area contributed by atoms with Crippen LogP contribution in [0.2, 0.25) is 0 Å². The van der Waals surface area contributed by atoms with Gasteiger partial charge in [0.1, 0.15) is 6.04 Å². The predicted octanol–water partition coefficient (Wildman–Crippen LogP) is 4.16. The lowest BCUT2D eigenvalue weighted by Crippen LogP contribution is -2.61. The fourth-order valence-corrected chi connectivity index (χ4v) is 4.58. The van der Waals surface area contributed by atoms with E-state index < -0.39 is 6.04 Å². The van der Waals surface area contributed by atoms with Gasteiger partial charge in [0.15, 0.2) is 0 Å². The molecule has 34 heavy (non-hydrogen) atoms. The number of esters is 1. The van der Waals surface area contributed by atoms with Gasteiger partial charge < -0.3 is 15.0 Å². The van der Waals surface area contributed by atoms with E-state index in [-0.39, 0.29) is 47.2 Å². The summed E-state index contributed by atoms with van der Waals surface area (Å²) in [5.41, 5.74) is 0.402. The molecule has 0 aromatic rings. The van der Waals surface area contributed by atoms with Gasteiger partial charge in [-0.15, -0.1) is 0 Å². The van der Waals surface area contributed by atoms with Gasteiger partial charge in [-0.3, -0.25) is 14.5 Å². The van der Waals surface area contributed by atoms with Crippen molar-refractivity contribution in [1.82, 2.24) is 15.1 Å². The van der Waals surface area contributed by atoms with Crippen LogP contribution < -0.4 is 5.32 Å². The summed E-state index contributed by atoms with van der Waals surface area (Å²) in [7, 11) is 1.75. The lowest BCUT2D eigenvalue weighted by Gasteiger charge is -2.45. The zero-order valence-corrected chi connectivity index (χ0v) is 23.2. The number of hydrogen-bond acceptors (Lipinski definition) is 5. The minimum absolute atomic E-state index is 0.0685. The first-order valence-electron chi connectivity index (χ1n) is 13.0. The maximum absolute atomic E-state index is 13.6. The highest BCUT2D eigenvalue weighted by Gasteiger charge is 2.39. The van der Waals surface area contributed by atoms with Gasteiger partial charge in [-0.25, -0.2) is 4.79 Å². The number of likely N-dealkylation sites (tertiary alicyclic amines) is 1. The van der Waals surface area contributed by atoms with Crippen LogP contribution in [0.4, 0.5) is 0 Å². The fraction of sp³-hybridized carbons (Fsp3) is 0.815. The SMILES string of the molecule is CCOC(=O)/C(C)=C/[C@H](C(C)C)N(C)C(=O)C(NC(=O)C1CCCCN1C(C)(C)CC)C(C)C. The van der Waals surface area contributed by atoms with Gasteiger partial charge in [-0.2, -0.15) is 0 Å². The molecule has 0 aromatic carbocycles. The van der Waals surface area contributed by atoms with E-state index >= 15 is 0 Å². The second kappa shape index (κ2) is 13.3. The van der Waals surface area contributed by atoms with Crippen molar-refractivity contribution in [1.29, 1.82) is 0 Å². The molecule has 1 rings (SSSR count). The molecule has 2 amide bonds. The summed E-state index contributed by atoms with van der Waals surface area (Å²) in [6.45, 7) is 19.1. The third-order valence-electron chi connectivity index (χ3n) is 7.17. The molecule has 0 spiro atoms. The second-order valence-electron chi connectivity index (χ2n) is 10.9. The van der Waals surface area contributed by atoms with Crippen LogP contribution >= 0.6 is 0 Å². The summed E-state index contributed by atoms with van der Waals surface area (Å²) in [4.78, 5) is 43.2. The molecule has 196 valence electrons. The Kier molecular flexibility index (Phi) is 11.8. The normalized spacial score (nSPS) is 19.6. The van der Waals surface area contributed by atoms with Gasteiger partial charge in [-0.05, 0) is 65.3 Å². The van der Waals surface area contributed by atoms with E-state index in [2.05, 4.69) is 31.0 Å². The van der Waals surface area contributed by atoms with E-state index in [1.165, 1.54) is 0 Å². The minimum atomic E-state index is -0.636. The molecular weight excluding hydrogens is 430 g/mol. The smallest absolute Gasteiger partial charge is 0.333 e. The van der Waals surface area contributed by atoms with Crippen LogP contribution in [-0.2, 0) is 19.1 Å². The molecule has 1 aliphatic heterocycles. The molecule has 2 unspecified atom stereocenters. The molecule has 0 bridgehead atoms. The van der Waals surface area contributed by atoms with Gasteiger partial charge >= 0.3 is 5.97 Å². The van der Waals surface area contributed by atoms with Crippen molar-refractivity contribution in [3.05, 3.63) is 11.6 Å². The zero-order valence-electron chi connectivity index (χ0n) is 23.2. The van der Waals surface area contributed by atoms with Crippen LogP contribution in [0.15, 0.2) is 11.6 Å². The summed E-state index contributed by atoms with van der Waals surface area (Å²) < 4.78 is 5.10. The van der Waals surface area contributed by atoms with Crippen LogP contribution in [0.3, 0.4) is 0 Å². The molecular formula is C27H49N3O4. The third kappa shape index (κ3) is 7.82. The van der Waals surface area contributed by atoms with Crippen molar-refractivity contribution >= 4 is 17.8 Å². The highest BCUT2D eigenvalue weighted by molar-refractivity contribution is 5.91. The van der Waals surface area contributed by atoms with E-state index in [1.807, 2.05) is 27.7 Å². The molecule has 7 nitrogen and oxygen atoms in total. The van der Waals surface area contributed by atoms with Gasteiger partial charge in [-0.1, -0.05) is 47.1 Å². The van der Waals surface area contributed by atoms with Crippen LogP contribution in [0.1, 0.15) is 88.0 Å². The van der Waals surface area contributed by atoms with Gasteiger partial charge in [0.05, 0.1) is 18.7 Å². The molecule has 1 heterocycles. The molecule has 0 aliphatic carbocycles. The molecule has 1 saturated heterocycles. The number of ether oxygens (including phenoxy) is 1. The predicted molar refractivity (Wildman–Crippen MR) is 137 cm³/mol. The lowest BCUT2D eigenvalue weighted by atomic mass is 9.90. The summed E-state index contributed by atoms with van der Waals surface area (Å²) in [5.74, 6) is -0.578. The number of likely N-dealkylation sites (N-methyl/N-ethyl adjacent to an activating group) is 1. The van der Waals surface area contributed by atoms with Crippen molar-refractivity contribution < 1.29 is 19.1 Å². The quantitative estimate of drug-likeness (QED) is 0.356. The monoisotopic (exact) mass is 479 g/mol. The van der Waals surface area contributed by atoms with Crippen LogP contribution in [0, 0.1) is 11.8 Å². The molecule has 1 N–H and O–H groups in total. The van der Waals surface area contributed by atoms with Crippen molar-refractivity contribution in [2.75, 3.05) is 20.2 Å². The average molecular weight is 480 g/mol. The number of piperidine rings is 1. The second-order valence-corrected chi connectivity index (χ2v) is 10.9. The number of hydrogen-bond donors (Lipinski definition) is 1. The molecule has 0 aromatic heterocycles. The van der Waals surface area contributed by atoms with E-state index in [4.69, 9.17) is 4.74 Å². The Morgan fingerprint density at radius 2 is 1.74 bits per heavy atom. The summed E-state index contributed by atoms with van der Waals surface area (Å²) in [6.07, 6.45) is 5.66. The third-order valence-corrected chi connectivity index (χ3v) is 7.17. The fourth-order valence-electron chi connectivity index (χ4n) is 4.58. The highest BCUT2D eigenvalue weighted by atomic mass is 16.5. The van der Waals surface area contributed by atoms with Crippen molar-refractivity contribution in [3.63, 3.8) is 0 Å². The van der Waals surface area contributed by atoms with Crippen molar-refractivity contribution in [2.24, 2.45) is 11.8 Å². The summed E-state index contributed by atoms with van der Waals surface area (Å²) in [6, 6.07) is -1.15.